The molecule has 8 heteroatoms. The molecule has 0 saturated heterocycles. The van der Waals surface area contributed by atoms with E-state index in [-0.39, 0.29) is 17.5 Å². The van der Waals surface area contributed by atoms with Gasteiger partial charge in [0, 0.05) is 30.3 Å². The van der Waals surface area contributed by atoms with Crippen LogP contribution in [-0.2, 0) is 16.6 Å². The molecule has 0 spiro atoms. The van der Waals surface area contributed by atoms with E-state index in [2.05, 4.69) is 14.7 Å². The number of rotatable bonds is 6. The number of hydrogen-bond acceptors (Lipinski definition) is 4. The van der Waals surface area contributed by atoms with Gasteiger partial charge in [-0.05, 0) is 26.8 Å². The predicted molar refractivity (Wildman–Crippen MR) is 78.1 cm³/mol. The summed E-state index contributed by atoms with van der Waals surface area (Å²) in [7, 11) is -3.67. The van der Waals surface area contributed by atoms with E-state index in [0.717, 1.165) is 0 Å². The molecule has 2 aromatic heterocycles. The molecule has 2 rings (SSSR count). The van der Waals surface area contributed by atoms with Crippen LogP contribution in [-0.4, -0.2) is 28.1 Å². The smallest absolute Gasteiger partial charge is 0.242 e. The van der Waals surface area contributed by atoms with Gasteiger partial charge in [-0.1, -0.05) is 0 Å². The summed E-state index contributed by atoms with van der Waals surface area (Å²) in [6.07, 6.45) is 4.74. The Kier molecular flexibility index (Phi) is 4.50. The first-order valence-corrected chi connectivity index (χ1v) is 8.16. The Bertz CT molecular complexity index is 689. The van der Waals surface area contributed by atoms with E-state index < -0.39 is 16.1 Å². The molecule has 0 aliphatic heterocycles. The Morgan fingerprint density at radius 3 is 2.62 bits per heavy atom. The largest absolute Gasteiger partial charge is 0.390 e. The summed E-state index contributed by atoms with van der Waals surface area (Å²) in [6.45, 7) is 5.35. The van der Waals surface area contributed by atoms with Crippen molar-refractivity contribution < 1.29 is 13.5 Å². The van der Waals surface area contributed by atoms with E-state index >= 15 is 0 Å². The van der Waals surface area contributed by atoms with Crippen LogP contribution in [0.2, 0.25) is 0 Å². The van der Waals surface area contributed by atoms with Crippen LogP contribution in [0, 0.1) is 0 Å². The van der Waals surface area contributed by atoms with Gasteiger partial charge in [-0.15, -0.1) is 0 Å². The van der Waals surface area contributed by atoms with Crippen LogP contribution < -0.4 is 4.72 Å². The van der Waals surface area contributed by atoms with Crippen molar-refractivity contribution in [2.75, 3.05) is 0 Å². The van der Waals surface area contributed by atoms with Crippen LogP contribution in [0.1, 0.15) is 44.4 Å². The van der Waals surface area contributed by atoms with Crippen LogP contribution in [0.3, 0.4) is 0 Å². The zero-order chi connectivity index (χ0) is 15.6. The highest BCUT2D eigenvalue weighted by Gasteiger charge is 2.22. The third-order valence-electron chi connectivity index (χ3n) is 3.20. The maximum atomic E-state index is 12.4. The van der Waals surface area contributed by atoms with Crippen molar-refractivity contribution in [2.45, 2.75) is 44.4 Å². The lowest BCUT2D eigenvalue weighted by Gasteiger charge is -2.11. The Labute approximate surface area is 124 Å². The summed E-state index contributed by atoms with van der Waals surface area (Å²) in [5, 5.41) is 9.33. The lowest BCUT2D eigenvalue weighted by molar-refractivity contribution is 0.268. The standard InChI is InChI=1S/C13H20N4O3S/c1-9(2)17-7-12(6-11(17)8-18)21(19,20)16-10(3)13-14-4-5-15-13/h4-7,9-10,16,18H,8H2,1-3H3,(H,14,15). The molecule has 0 aliphatic carbocycles. The second-order valence-corrected chi connectivity index (χ2v) is 6.86. The number of aliphatic hydroxyl groups is 1. The molecule has 7 nitrogen and oxygen atoms in total. The van der Waals surface area contributed by atoms with Crippen LogP contribution >= 0.6 is 0 Å². The van der Waals surface area contributed by atoms with Crippen molar-refractivity contribution in [1.82, 2.24) is 19.3 Å². The molecule has 0 aromatic carbocycles. The molecule has 116 valence electrons. The van der Waals surface area contributed by atoms with Crippen molar-refractivity contribution in [3.63, 3.8) is 0 Å². The van der Waals surface area contributed by atoms with E-state index in [0.29, 0.717) is 11.5 Å². The number of nitrogens with one attached hydrogen (secondary N) is 2. The summed E-state index contributed by atoms with van der Waals surface area (Å²) < 4.78 is 29.1. The van der Waals surface area contributed by atoms with Gasteiger partial charge >= 0.3 is 0 Å². The molecule has 0 saturated carbocycles. The lowest BCUT2D eigenvalue weighted by atomic mass is 10.3. The summed E-state index contributed by atoms with van der Waals surface area (Å²) >= 11 is 0. The minimum Gasteiger partial charge on any atom is -0.390 e. The fourth-order valence-corrected chi connectivity index (χ4v) is 3.38. The topological polar surface area (TPSA) is 100 Å². The average molecular weight is 312 g/mol. The quantitative estimate of drug-likeness (QED) is 0.749. The normalized spacial score (nSPS) is 13.8. The van der Waals surface area contributed by atoms with Crippen LogP contribution in [0.15, 0.2) is 29.6 Å². The maximum Gasteiger partial charge on any atom is 0.242 e. The molecule has 0 fully saturated rings. The Morgan fingerprint density at radius 2 is 2.14 bits per heavy atom. The van der Waals surface area contributed by atoms with Gasteiger partial charge in [0.05, 0.1) is 12.6 Å². The SMILES string of the molecule is CC(NS(=O)(=O)c1cc(CO)n(C(C)C)c1)c1ncc[nH]1. The van der Waals surface area contributed by atoms with E-state index in [9.17, 15) is 13.5 Å². The molecule has 0 amide bonds. The van der Waals surface area contributed by atoms with Crippen LogP contribution in [0.4, 0.5) is 0 Å². The first kappa shape index (κ1) is 15.7. The molecular weight excluding hydrogens is 292 g/mol. The summed E-state index contributed by atoms with van der Waals surface area (Å²) in [6, 6.07) is 1.08. The zero-order valence-corrected chi connectivity index (χ0v) is 13.1. The number of aromatic amines is 1. The first-order valence-electron chi connectivity index (χ1n) is 6.68. The van der Waals surface area contributed by atoms with E-state index in [1.165, 1.54) is 12.3 Å². The second-order valence-electron chi connectivity index (χ2n) is 5.14. The maximum absolute atomic E-state index is 12.4. The molecule has 3 N–H and O–H groups in total. The molecule has 1 atom stereocenters. The lowest BCUT2D eigenvalue weighted by Crippen LogP contribution is -2.27. The van der Waals surface area contributed by atoms with Gasteiger partial charge < -0.3 is 14.7 Å². The molecule has 0 aliphatic rings. The summed E-state index contributed by atoms with van der Waals surface area (Å²) in [4.78, 5) is 7.04. The third kappa shape index (κ3) is 3.34. The fraction of sp³-hybridized carbons (Fsp3) is 0.462. The van der Waals surface area contributed by atoms with Gasteiger partial charge in [0.2, 0.25) is 10.0 Å². The third-order valence-corrected chi connectivity index (χ3v) is 4.70. The Hall–Kier alpha value is -1.64. The molecule has 2 aromatic rings. The molecule has 2 heterocycles. The predicted octanol–water partition coefficient (Wildman–Crippen LogP) is 1.32. The number of imidazole rings is 1. The summed E-state index contributed by atoms with van der Waals surface area (Å²) in [5.74, 6) is 0.546. The van der Waals surface area contributed by atoms with Gasteiger partial charge in [0.15, 0.2) is 0 Å². The minimum absolute atomic E-state index is 0.0681. The number of aromatic nitrogens is 3. The fourth-order valence-electron chi connectivity index (χ4n) is 2.12. The van der Waals surface area contributed by atoms with Crippen molar-refractivity contribution in [3.05, 3.63) is 36.2 Å². The molecule has 21 heavy (non-hydrogen) atoms. The highest BCUT2D eigenvalue weighted by Crippen LogP contribution is 2.20. The molecule has 0 bridgehead atoms. The van der Waals surface area contributed by atoms with Gasteiger partial charge in [0.25, 0.3) is 0 Å². The van der Waals surface area contributed by atoms with Crippen molar-refractivity contribution >= 4 is 10.0 Å². The first-order chi connectivity index (χ1) is 9.85. The number of aliphatic hydroxyl groups excluding tert-OH is 1. The van der Waals surface area contributed by atoms with E-state index in [4.69, 9.17) is 0 Å². The second kappa shape index (κ2) is 6.00. The molecular formula is C13H20N4O3S. The van der Waals surface area contributed by atoms with Gasteiger partial charge in [0.1, 0.15) is 10.7 Å². The van der Waals surface area contributed by atoms with Crippen molar-refractivity contribution in [2.24, 2.45) is 0 Å². The number of H-pyrrole nitrogens is 1. The number of nitrogens with zero attached hydrogens (tertiary/aromatic N) is 2. The summed E-state index contributed by atoms with van der Waals surface area (Å²) in [5.41, 5.74) is 0.566. The van der Waals surface area contributed by atoms with Crippen LogP contribution in [0.25, 0.3) is 0 Å². The van der Waals surface area contributed by atoms with E-state index in [1.807, 2.05) is 13.8 Å². The monoisotopic (exact) mass is 312 g/mol. The van der Waals surface area contributed by atoms with Gasteiger partial charge in [-0.3, -0.25) is 0 Å². The molecule has 0 radical (unpaired) electrons. The Balaban J connectivity index is 2.27. The highest BCUT2D eigenvalue weighted by atomic mass is 32.2. The minimum atomic E-state index is -3.67. The zero-order valence-electron chi connectivity index (χ0n) is 12.2. The number of sulfonamides is 1. The van der Waals surface area contributed by atoms with Gasteiger partial charge in [-0.25, -0.2) is 18.1 Å². The highest BCUT2D eigenvalue weighted by molar-refractivity contribution is 7.89. The van der Waals surface area contributed by atoms with E-state index in [1.54, 1.807) is 23.9 Å². The van der Waals surface area contributed by atoms with Crippen LogP contribution in [0.5, 0.6) is 0 Å². The number of hydrogen-bond donors (Lipinski definition) is 3. The van der Waals surface area contributed by atoms with Gasteiger partial charge in [-0.2, -0.15) is 0 Å². The van der Waals surface area contributed by atoms with Crippen molar-refractivity contribution in [3.8, 4) is 0 Å². The average Bonchev–Trinajstić information content (AvgIpc) is 3.07. The van der Waals surface area contributed by atoms with Crippen molar-refractivity contribution in [1.29, 1.82) is 0 Å². The Morgan fingerprint density at radius 1 is 1.43 bits per heavy atom. The molecule has 1 unspecified atom stereocenters.